The van der Waals surface area contributed by atoms with E-state index >= 15 is 0 Å². The summed E-state index contributed by atoms with van der Waals surface area (Å²) in [5.74, 6) is 0.817. The van der Waals surface area contributed by atoms with Gasteiger partial charge in [-0.3, -0.25) is 4.98 Å². The molecule has 122 valence electrons. The first-order chi connectivity index (χ1) is 11.4. The highest BCUT2D eigenvalue weighted by atomic mass is 16.5. The van der Waals surface area contributed by atoms with Gasteiger partial charge in [-0.1, -0.05) is 24.3 Å². The minimum atomic E-state index is 0.300. The lowest BCUT2D eigenvalue weighted by atomic mass is 10.1. The molecule has 1 fully saturated rings. The lowest BCUT2D eigenvalue weighted by Gasteiger charge is -2.14. The van der Waals surface area contributed by atoms with E-state index in [1.165, 1.54) is 5.39 Å². The fourth-order valence-corrected chi connectivity index (χ4v) is 2.82. The molecule has 2 N–H and O–H groups in total. The normalized spacial score (nSPS) is 18.3. The van der Waals surface area contributed by atoms with Crippen LogP contribution in [0.4, 0.5) is 0 Å². The molecule has 5 nitrogen and oxygen atoms in total. The number of ether oxygens (including phenoxy) is 1. The Morgan fingerprint density at radius 1 is 1.30 bits per heavy atom. The van der Waals surface area contributed by atoms with Crippen LogP contribution in [-0.4, -0.2) is 36.7 Å². The van der Waals surface area contributed by atoms with E-state index in [0.29, 0.717) is 12.6 Å². The molecule has 2 aromatic rings. The summed E-state index contributed by atoms with van der Waals surface area (Å²) in [6.07, 6.45) is 4.42. The molecule has 0 aliphatic carbocycles. The van der Waals surface area contributed by atoms with Crippen LogP contribution < -0.4 is 10.6 Å². The average Bonchev–Trinajstić information content (AvgIpc) is 3.11. The molecular formula is C18H24N4O. The summed E-state index contributed by atoms with van der Waals surface area (Å²) in [6, 6.07) is 10.3. The van der Waals surface area contributed by atoms with Gasteiger partial charge in [0, 0.05) is 31.3 Å². The molecule has 0 amide bonds. The lowest BCUT2D eigenvalue weighted by Crippen LogP contribution is -2.41. The molecule has 0 bridgehead atoms. The number of fused-ring (bicyclic) bond motifs is 1. The Balaban J connectivity index is 1.68. The Hall–Kier alpha value is -2.14. The van der Waals surface area contributed by atoms with Gasteiger partial charge in [-0.05, 0) is 31.2 Å². The Morgan fingerprint density at radius 3 is 3.04 bits per heavy atom. The second kappa shape index (κ2) is 7.92. The quantitative estimate of drug-likeness (QED) is 0.658. The molecule has 0 radical (unpaired) electrons. The Morgan fingerprint density at radius 2 is 2.22 bits per heavy atom. The van der Waals surface area contributed by atoms with Crippen LogP contribution in [0, 0.1) is 0 Å². The van der Waals surface area contributed by atoms with Crippen molar-refractivity contribution in [2.75, 3.05) is 19.7 Å². The van der Waals surface area contributed by atoms with Crippen molar-refractivity contribution >= 4 is 16.7 Å². The summed E-state index contributed by atoms with van der Waals surface area (Å²) in [5, 5.41) is 9.01. The maximum atomic E-state index is 5.64. The van der Waals surface area contributed by atoms with Crippen LogP contribution in [0.5, 0.6) is 0 Å². The molecule has 1 aliphatic heterocycles. The van der Waals surface area contributed by atoms with Gasteiger partial charge in [0.25, 0.3) is 0 Å². The molecule has 2 heterocycles. The third-order valence-corrected chi connectivity index (χ3v) is 4.01. The third-order valence-electron chi connectivity index (χ3n) is 4.01. The number of nitrogens with zero attached hydrogens (tertiary/aromatic N) is 2. The van der Waals surface area contributed by atoms with E-state index in [4.69, 9.17) is 4.74 Å². The highest BCUT2D eigenvalue weighted by molar-refractivity contribution is 5.85. The van der Waals surface area contributed by atoms with Crippen LogP contribution in [0.2, 0.25) is 0 Å². The monoisotopic (exact) mass is 312 g/mol. The highest BCUT2D eigenvalue weighted by Crippen LogP contribution is 2.16. The van der Waals surface area contributed by atoms with Crippen LogP contribution in [0.1, 0.15) is 25.5 Å². The number of hydrogen-bond donors (Lipinski definition) is 2. The Bertz CT molecular complexity index is 660. The summed E-state index contributed by atoms with van der Waals surface area (Å²) < 4.78 is 5.64. The van der Waals surface area contributed by atoms with Crippen molar-refractivity contribution < 1.29 is 4.74 Å². The van der Waals surface area contributed by atoms with Crippen molar-refractivity contribution in [1.29, 1.82) is 0 Å². The van der Waals surface area contributed by atoms with Crippen LogP contribution in [-0.2, 0) is 11.3 Å². The van der Waals surface area contributed by atoms with Gasteiger partial charge in [-0.2, -0.15) is 0 Å². The van der Waals surface area contributed by atoms with E-state index in [1.807, 2.05) is 24.4 Å². The van der Waals surface area contributed by atoms with Crippen molar-refractivity contribution in [3.05, 3.63) is 42.2 Å². The molecule has 23 heavy (non-hydrogen) atoms. The van der Waals surface area contributed by atoms with Crippen LogP contribution in [0.25, 0.3) is 10.8 Å². The lowest BCUT2D eigenvalue weighted by molar-refractivity contribution is 0.114. The van der Waals surface area contributed by atoms with Gasteiger partial charge in [0.2, 0.25) is 0 Å². The molecule has 1 aliphatic rings. The van der Waals surface area contributed by atoms with E-state index in [2.05, 4.69) is 39.7 Å². The van der Waals surface area contributed by atoms with E-state index in [0.717, 1.165) is 49.6 Å². The minimum absolute atomic E-state index is 0.300. The van der Waals surface area contributed by atoms with Crippen molar-refractivity contribution in [2.45, 2.75) is 32.4 Å². The molecule has 3 rings (SSSR count). The SMILES string of the molecule is CCNC(=NCc1nccc2ccccc12)NCC1CCCO1. The fraction of sp³-hybridized carbons (Fsp3) is 0.444. The largest absolute Gasteiger partial charge is 0.376 e. The first-order valence-corrected chi connectivity index (χ1v) is 8.33. The minimum Gasteiger partial charge on any atom is -0.376 e. The molecule has 5 heteroatoms. The van der Waals surface area contributed by atoms with E-state index in [1.54, 1.807) is 0 Å². The number of aliphatic imine (C=N–C) groups is 1. The zero-order chi connectivity index (χ0) is 15.9. The molecule has 1 saturated heterocycles. The molecule has 0 spiro atoms. The zero-order valence-corrected chi connectivity index (χ0v) is 13.6. The number of aromatic nitrogens is 1. The van der Waals surface area contributed by atoms with E-state index < -0.39 is 0 Å². The van der Waals surface area contributed by atoms with E-state index in [-0.39, 0.29) is 0 Å². The van der Waals surface area contributed by atoms with Gasteiger partial charge in [0.05, 0.1) is 18.3 Å². The predicted molar refractivity (Wildman–Crippen MR) is 93.5 cm³/mol. The van der Waals surface area contributed by atoms with Crippen LogP contribution in [0.3, 0.4) is 0 Å². The maximum Gasteiger partial charge on any atom is 0.191 e. The van der Waals surface area contributed by atoms with Gasteiger partial charge in [0.1, 0.15) is 0 Å². The van der Waals surface area contributed by atoms with Gasteiger partial charge >= 0.3 is 0 Å². The fourth-order valence-electron chi connectivity index (χ4n) is 2.82. The van der Waals surface area contributed by atoms with Crippen molar-refractivity contribution in [2.24, 2.45) is 4.99 Å². The average molecular weight is 312 g/mol. The van der Waals surface area contributed by atoms with Gasteiger partial charge in [-0.25, -0.2) is 4.99 Å². The van der Waals surface area contributed by atoms with E-state index in [9.17, 15) is 0 Å². The summed E-state index contributed by atoms with van der Waals surface area (Å²) in [4.78, 5) is 9.16. The number of nitrogens with one attached hydrogen (secondary N) is 2. The second-order valence-corrected chi connectivity index (χ2v) is 5.69. The standard InChI is InChI=1S/C18H24N4O/c1-2-19-18(21-12-15-7-5-11-23-15)22-13-17-16-8-4-3-6-14(16)9-10-20-17/h3-4,6,8-10,15H,2,5,7,11-13H2,1H3,(H2,19,21,22). The van der Waals surface area contributed by atoms with Gasteiger partial charge in [0.15, 0.2) is 5.96 Å². The number of rotatable bonds is 5. The Kier molecular flexibility index (Phi) is 5.42. The molecule has 1 unspecified atom stereocenters. The topological polar surface area (TPSA) is 58.5 Å². The molecule has 0 saturated carbocycles. The molecule has 1 aromatic heterocycles. The molecule has 1 atom stereocenters. The molecular weight excluding hydrogens is 288 g/mol. The van der Waals surface area contributed by atoms with Crippen molar-refractivity contribution in [3.8, 4) is 0 Å². The zero-order valence-electron chi connectivity index (χ0n) is 13.6. The summed E-state index contributed by atoms with van der Waals surface area (Å²) >= 11 is 0. The maximum absolute atomic E-state index is 5.64. The third kappa shape index (κ3) is 4.20. The van der Waals surface area contributed by atoms with Crippen molar-refractivity contribution in [3.63, 3.8) is 0 Å². The summed E-state index contributed by atoms with van der Waals surface area (Å²) in [6.45, 7) is 5.14. The summed E-state index contributed by atoms with van der Waals surface area (Å²) in [5.41, 5.74) is 0.998. The summed E-state index contributed by atoms with van der Waals surface area (Å²) in [7, 11) is 0. The first kappa shape index (κ1) is 15.7. The van der Waals surface area contributed by atoms with Crippen molar-refractivity contribution in [1.82, 2.24) is 15.6 Å². The number of benzene rings is 1. The van der Waals surface area contributed by atoms with Gasteiger partial charge in [-0.15, -0.1) is 0 Å². The predicted octanol–water partition coefficient (Wildman–Crippen LogP) is 2.47. The number of hydrogen-bond acceptors (Lipinski definition) is 3. The highest BCUT2D eigenvalue weighted by Gasteiger charge is 2.15. The second-order valence-electron chi connectivity index (χ2n) is 5.69. The number of pyridine rings is 1. The molecule has 1 aromatic carbocycles. The number of guanidine groups is 1. The Labute approximate surface area is 137 Å². The smallest absolute Gasteiger partial charge is 0.191 e. The van der Waals surface area contributed by atoms with Crippen LogP contribution in [0.15, 0.2) is 41.5 Å². The van der Waals surface area contributed by atoms with Gasteiger partial charge < -0.3 is 15.4 Å². The van der Waals surface area contributed by atoms with Crippen LogP contribution >= 0.6 is 0 Å². The first-order valence-electron chi connectivity index (χ1n) is 8.33.